The van der Waals surface area contributed by atoms with Gasteiger partial charge in [0.2, 0.25) is 5.91 Å². The molecule has 4 heteroatoms. The number of amides is 1. The molecule has 1 N–H and O–H groups in total. The van der Waals surface area contributed by atoms with Gasteiger partial charge in [-0.25, -0.2) is 0 Å². The first kappa shape index (κ1) is 12.5. The Hall–Kier alpha value is -1.94. The Kier molecular flexibility index (Phi) is 4.67. The number of hydrogen-bond donors (Lipinski definition) is 1. The molecule has 0 bridgehead atoms. The van der Waals surface area contributed by atoms with Crippen molar-refractivity contribution in [2.45, 2.75) is 11.4 Å². The monoisotopic (exact) mass is 259 g/mol. The minimum Gasteiger partial charge on any atom is -0.467 e. The molecule has 1 aromatic heterocycles. The predicted octanol–water partition coefficient (Wildman–Crippen LogP) is 3.20. The fourth-order valence-electron chi connectivity index (χ4n) is 1.32. The first-order valence-electron chi connectivity index (χ1n) is 5.53. The molecule has 0 radical (unpaired) electrons. The molecule has 0 unspecified atom stereocenters. The highest BCUT2D eigenvalue weighted by Crippen LogP contribution is 2.17. The second-order valence-corrected chi connectivity index (χ2v) is 4.51. The lowest BCUT2D eigenvalue weighted by atomic mass is 10.4. The van der Waals surface area contributed by atoms with Crippen LogP contribution < -0.4 is 5.32 Å². The van der Waals surface area contributed by atoms with E-state index in [0.717, 1.165) is 10.7 Å². The van der Waals surface area contributed by atoms with Crippen LogP contribution in [0.2, 0.25) is 0 Å². The van der Waals surface area contributed by atoms with E-state index in [-0.39, 0.29) is 5.91 Å². The molecule has 0 saturated carbocycles. The summed E-state index contributed by atoms with van der Waals surface area (Å²) >= 11 is 1.51. The second kappa shape index (κ2) is 6.71. The molecule has 0 saturated heterocycles. The van der Waals surface area contributed by atoms with E-state index in [2.05, 4.69) is 5.32 Å². The Bertz CT molecular complexity index is 506. The summed E-state index contributed by atoms with van der Waals surface area (Å²) in [6.07, 6.45) is 3.10. The van der Waals surface area contributed by atoms with Crippen LogP contribution in [0.15, 0.2) is 69.5 Å². The summed E-state index contributed by atoms with van der Waals surface area (Å²) in [7, 11) is 0. The second-order valence-electron chi connectivity index (χ2n) is 3.53. The van der Waals surface area contributed by atoms with Gasteiger partial charge in [0.1, 0.15) is 5.76 Å². The third-order valence-electron chi connectivity index (χ3n) is 2.18. The van der Waals surface area contributed by atoms with Gasteiger partial charge in [-0.1, -0.05) is 30.0 Å². The lowest BCUT2D eigenvalue weighted by molar-refractivity contribution is -0.116. The van der Waals surface area contributed by atoms with Gasteiger partial charge in [0.15, 0.2) is 0 Å². The number of thioether (sulfide) groups is 1. The molecule has 0 aliphatic carbocycles. The molecule has 0 fully saturated rings. The molecule has 2 aromatic rings. The quantitative estimate of drug-likeness (QED) is 0.662. The summed E-state index contributed by atoms with van der Waals surface area (Å²) < 4.78 is 5.11. The van der Waals surface area contributed by atoms with Crippen molar-refractivity contribution in [2.24, 2.45) is 0 Å². The van der Waals surface area contributed by atoms with E-state index in [1.807, 2.05) is 36.4 Å². The summed E-state index contributed by atoms with van der Waals surface area (Å²) in [6.45, 7) is 0.409. The van der Waals surface area contributed by atoms with Crippen LogP contribution in [0.5, 0.6) is 0 Å². The van der Waals surface area contributed by atoms with Crippen LogP contribution in [-0.4, -0.2) is 5.91 Å². The Balaban J connectivity index is 1.74. The molecule has 3 nitrogen and oxygen atoms in total. The minimum absolute atomic E-state index is 0.130. The molecular weight excluding hydrogens is 246 g/mol. The normalized spacial score (nSPS) is 10.7. The van der Waals surface area contributed by atoms with Gasteiger partial charge in [-0.3, -0.25) is 4.79 Å². The third-order valence-corrected chi connectivity index (χ3v) is 3.00. The van der Waals surface area contributed by atoms with Gasteiger partial charge in [-0.2, -0.15) is 0 Å². The molecule has 18 heavy (non-hydrogen) atoms. The average Bonchev–Trinajstić information content (AvgIpc) is 2.91. The van der Waals surface area contributed by atoms with Crippen molar-refractivity contribution < 1.29 is 9.21 Å². The lowest BCUT2D eigenvalue weighted by Gasteiger charge is -1.98. The maximum Gasteiger partial charge on any atom is 0.244 e. The maximum atomic E-state index is 11.5. The van der Waals surface area contributed by atoms with Crippen molar-refractivity contribution in [3.8, 4) is 0 Å². The average molecular weight is 259 g/mol. The topological polar surface area (TPSA) is 42.2 Å². The van der Waals surface area contributed by atoms with Gasteiger partial charge in [-0.05, 0) is 29.7 Å². The number of benzene rings is 1. The van der Waals surface area contributed by atoms with E-state index in [1.165, 1.54) is 17.8 Å². The number of nitrogens with one attached hydrogen (secondary N) is 1. The van der Waals surface area contributed by atoms with Crippen LogP contribution in [-0.2, 0) is 11.3 Å². The molecule has 1 amide bonds. The van der Waals surface area contributed by atoms with Crippen molar-refractivity contribution in [3.63, 3.8) is 0 Å². The zero-order valence-electron chi connectivity index (χ0n) is 9.71. The fraction of sp³-hybridized carbons (Fsp3) is 0.0714. The first-order valence-corrected chi connectivity index (χ1v) is 6.41. The van der Waals surface area contributed by atoms with Crippen LogP contribution in [0.25, 0.3) is 0 Å². The SMILES string of the molecule is O=C(/C=C/Sc1ccccc1)NCc1ccco1. The van der Waals surface area contributed by atoms with Crippen LogP contribution in [0.1, 0.15) is 5.76 Å². The summed E-state index contributed by atoms with van der Waals surface area (Å²) in [5, 5.41) is 4.51. The summed E-state index contributed by atoms with van der Waals surface area (Å²) in [5.41, 5.74) is 0. The van der Waals surface area contributed by atoms with Crippen molar-refractivity contribution in [1.82, 2.24) is 5.32 Å². The number of carbonyl (C=O) groups is 1. The van der Waals surface area contributed by atoms with Gasteiger partial charge in [0, 0.05) is 11.0 Å². The maximum absolute atomic E-state index is 11.5. The zero-order chi connectivity index (χ0) is 12.6. The van der Waals surface area contributed by atoms with Crippen molar-refractivity contribution >= 4 is 17.7 Å². The van der Waals surface area contributed by atoms with Crippen LogP contribution in [0, 0.1) is 0 Å². The van der Waals surface area contributed by atoms with Gasteiger partial charge < -0.3 is 9.73 Å². The van der Waals surface area contributed by atoms with E-state index in [1.54, 1.807) is 17.7 Å². The minimum atomic E-state index is -0.130. The Labute approximate surface area is 110 Å². The summed E-state index contributed by atoms with van der Waals surface area (Å²) in [6, 6.07) is 13.5. The molecule has 2 rings (SSSR count). The van der Waals surface area contributed by atoms with E-state index in [4.69, 9.17) is 4.42 Å². The molecule has 92 valence electrons. The summed E-state index contributed by atoms with van der Waals surface area (Å²) in [5.74, 6) is 0.613. The smallest absolute Gasteiger partial charge is 0.244 e. The van der Waals surface area contributed by atoms with Gasteiger partial charge >= 0.3 is 0 Å². The third kappa shape index (κ3) is 4.14. The summed E-state index contributed by atoms with van der Waals surface area (Å²) in [4.78, 5) is 12.6. The highest BCUT2D eigenvalue weighted by molar-refractivity contribution is 8.02. The highest BCUT2D eigenvalue weighted by Gasteiger charge is 1.98. The molecule has 1 heterocycles. The molecule has 1 aromatic carbocycles. The van der Waals surface area contributed by atoms with Crippen LogP contribution >= 0.6 is 11.8 Å². The van der Waals surface area contributed by atoms with Gasteiger partial charge in [-0.15, -0.1) is 0 Å². The van der Waals surface area contributed by atoms with E-state index >= 15 is 0 Å². The number of carbonyl (C=O) groups excluding carboxylic acids is 1. The highest BCUT2D eigenvalue weighted by atomic mass is 32.2. The first-order chi connectivity index (χ1) is 8.84. The Morgan fingerprint density at radius 1 is 1.22 bits per heavy atom. The standard InChI is InChI=1S/C14H13NO2S/c16-14(15-11-12-5-4-9-17-12)8-10-18-13-6-2-1-3-7-13/h1-10H,11H2,(H,15,16)/b10-8+. The fourth-order valence-corrected chi connectivity index (χ4v) is 1.98. The van der Waals surface area contributed by atoms with Crippen LogP contribution in [0.3, 0.4) is 0 Å². The van der Waals surface area contributed by atoms with Gasteiger partial charge in [0.25, 0.3) is 0 Å². The van der Waals surface area contributed by atoms with Crippen LogP contribution in [0.4, 0.5) is 0 Å². The lowest BCUT2D eigenvalue weighted by Crippen LogP contribution is -2.19. The number of hydrogen-bond acceptors (Lipinski definition) is 3. The largest absolute Gasteiger partial charge is 0.467 e. The van der Waals surface area contributed by atoms with Crippen molar-refractivity contribution in [1.29, 1.82) is 0 Å². The number of furan rings is 1. The van der Waals surface area contributed by atoms with E-state index in [9.17, 15) is 4.79 Å². The van der Waals surface area contributed by atoms with E-state index < -0.39 is 0 Å². The van der Waals surface area contributed by atoms with Gasteiger partial charge in [0.05, 0.1) is 12.8 Å². The predicted molar refractivity (Wildman–Crippen MR) is 72.0 cm³/mol. The molecule has 0 atom stereocenters. The van der Waals surface area contributed by atoms with Crippen molar-refractivity contribution in [2.75, 3.05) is 0 Å². The Morgan fingerprint density at radius 2 is 2.06 bits per heavy atom. The zero-order valence-corrected chi connectivity index (χ0v) is 10.5. The number of rotatable bonds is 5. The Morgan fingerprint density at radius 3 is 2.78 bits per heavy atom. The molecular formula is C14H13NO2S. The molecule has 0 aliphatic heterocycles. The molecule has 0 aliphatic rings. The van der Waals surface area contributed by atoms with E-state index in [0.29, 0.717) is 6.54 Å². The van der Waals surface area contributed by atoms with Crippen molar-refractivity contribution in [3.05, 3.63) is 66.0 Å². The molecule has 0 spiro atoms.